The SMILES string of the molecule is C=CCn1c(SCc2nc(-c3ccccc3OC)no2)nc2sc3c(c2c1=O)CCC(C)C3. The summed E-state index contributed by atoms with van der Waals surface area (Å²) in [6.45, 7) is 6.50. The number of benzene rings is 1. The van der Waals surface area contributed by atoms with Gasteiger partial charge in [-0.1, -0.05) is 42.1 Å². The number of aromatic nitrogens is 4. The van der Waals surface area contributed by atoms with Crippen LogP contribution in [0, 0.1) is 5.92 Å². The Hall–Kier alpha value is -2.91. The molecule has 1 aliphatic carbocycles. The molecule has 0 N–H and O–H groups in total. The van der Waals surface area contributed by atoms with Crippen LogP contribution < -0.4 is 10.3 Å². The number of thiophene rings is 1. The predicted octanol–water partition coefficient (Wildman–Crippen LogP) is 5.12. The van der Waals surface area contributed by atoms with E-state index in [2.05, 4.69) is 23.6 Å². The van der Waals surface area contributed by atoms with Gasteiger partial charge in [0.15, 0.2) is 5.16 Å². The Morgan fingerprint density at radius 3 is 3.03 bits per heavy atom. The Morgan fingerprint density at radius 1 is 1.36 bits per heavy atom. The molecule has 5 rings (SSSR count). The summed E-state index contributed by atoms with van der Waals surface area (Å²) < 4.78 is 12.6. The zero-order valence-corrected chi connectivity index (χ0v) is 20.2. The fourth-order valence-electron chi connectivity index (χ4n) is 4.18. The van der Waals surface area contributed by atoms with Crippen LogP contribution in [0.15, 0.2) is 51.4 Å². The molecular formula is C24H24N4O3S2. The smallest absolute Gasteiger partial charge is 0.263 e. The molecule has 0 saturated carbocycles. The first-order valence-electron chi connectivity index (χ1n) is 10.8. The van der Waals surface area contributed by atoms with Crippen molar-refractivity contribution in [3.63, 3.8) is 0 Å². The van der Waals surface area contributed by atoms with Gasteiger partial charge >= 0.3 is 0 Å². The number of thioether (sulfide) groups is 1. The molecule has 1 unspecified atom stereocenters. The molecule has 3 aromatic heterocycles. The lowest BCUT2D eigenvalue weighted by atomic mass is 9.89. The van der Waals surface area contributed by atoms with Gasteiger partial charge < -0.3 is 9.26 Å². The molecule has 33 heavy (non-hydrogen) atoms. The largest absolute Gasteiger partial charge is 0.496 e. The molecule has 0 saturated heterocycles. The average molecular weight is 481 g/mol. The fraction of sp³-hybridized carbons (Fsp3) is 0.333. The zero-order valence-electron chi connectivity index (χ0n) is 18.5. The summed E-state index contributed by atoms with van der Waals surface area (Å²) in [6, 6.07) is 7.53. The molecule has 1 aliphatic rings. The minimum absolute atomic E-state index is 0.00898. The standard InChI is InChI=1S/C24H24N4O3S2/c1-4-11-28-23(29)20-16-10-9-14(2)12-18(16)33-22(20)26-24(28)32-13-19-25-21(27-31-19)15-7-5-6-8-17(15)30-3/h4-8,14H,1,9-13H2,2-3H3. The number of fused-ring (bicyclic) bond motifs is 3. The maximum atomic E-state index is 13.4. The third-order valence-electron chi connectivity index (χ3n) is 5.83. The number of aryl methyl sites for hydroxylation is 1. The van der Waals surface area contributed by atoms with Crippen molar-refractivity contribution in [2.24, 2.45) is 5.92 Å². The van der Waals surface area contributed by atoms with Gasteiger partial charge in [0.2, 0.25) is 11.7 Å². The molecule has 1 aromatic carbocycles. The van der Waals surface area contributed by atoms with Gasteiger partial charge in [-0.3, -0.25) is 9.36 Å². The summed E-state index contributed by atoms with van der Waals surface area (Å²) in [5, 5.41) is 5.52. The lowest BCUT2D eigenvalue weighted by Crippen LogP contribution is -2.23. The van der Waals surface area contributed by atoms with Crippen LogP contribution in [0.2, 0.25) is 0 Å². The van der Waals surface area contributed by atoms with Crippen molar-refractivity contribution in [2.45, 2.75) is 43.6 Å². The Balaban J connectivity index is 1.46. The first kappa shape index (κ1) is 21.9. The summed E-state index contributed by atoms with van der Waals surface area (Å²) in [7, 11) is 1.61. The molecule has 0 spiro atoms. The fourth-order valence-corrected chi connectivity index (χ4v) is 6.45. The van der Waals surface area contributed by atoms with Crippen molar-refractivity contribution in [3.8, 4) is 17.1 Å². The lowest BCUT2D eigenvalue weighted by molar-refractivity contribution is 0.390. The number of methoxy groups -OCH3 is 1. The molecule has 7 nitrogen and oxygen atoms in total. The van der Waals surface area contributed by atoms with Crippen molar-refractivity contribution < 1.29 is 9.26 Å². The number of ether oxygens (including phenoxy) is 1. The van der Waals surface area contributed by atoms with Crippen LogP contribution in [0.3, 0.4) is 0 Å². The normalized spacial score (nSPS) is 15.5. The highest BCUT2D eigenvalue weighted by Crippen LogP contribution is 2.37. The molecule has 0 amide bonds. The van der Waals surface area contributed by atoms with E-state index in [1.165, 1.54) is 22.2 Å². The van der Waals surface area contributed by atoms with E-state index in [9.17, 15) is 4.79 Å². The van der Waals surface area contributed by atoms with Crippen LogP contribution in [-0.4, -0.2) is 26.8 Å². The van der Waals surface area contributed by atoms with Crippen molar-refractivity contribution in [1.29, 1.82) is 0 Å². The summed E-state index contributed by atoms with van der Waals surface area (Å²) in [5.41, 5.74) is 1.97. The van der Waals surface area contributed by atoms with Crippen LogP contribution >= 0.6 is 23.1 Å². The number of allylic oxidation sites excluding steroid dienone is 1. The van der Waals surface area contributed by atoms with E-state index in [1.54, 1.807) is 29.1 Å². The van der Waals surface area contributed by atoms with Gasteiger partial charge in [-0.25, -0.2) is 4.98 Å². The van der Waals surface area contributed by atoms with E-state index in [0.717, 1.165) is 35.0 Å². The molecule has 4 aromatic rings. The molecular weight excluding hydrogens is 456 g/mol. The summed E-state index contributed by atoms with van der Waals surface area (Å²) in [5.74, 6) is 2.65. The topological polar surface area (TPSA) is 83.0 Å². The van der Waals surface area contributed by atoms with Gasteiger partial charge in [0.25, 0.3) is 5.56 Å². The highest BCUT2D eigenvalue weighted by molar-refractivity contribution is 7.98. The van der Waals surface area contributed by atoms with Crippen LogP contribution in [0.1, 0.15) is 29.7 Å². The van der Waals surface area contributed by atoms with Gasteiger partial charge in [-0.15, -0.1) is 17.9 Å². The molecule has 0 fully saturated rings. The maximum absolute atomic E-state index is 13.4. The van der Waals surface area contributed by atoms with Crippen molar-refractivity contribution in [3.05, 3.63) is 63.6 Å². The van der Waals surface area contributed by atoms with Gasteiger partial charge in [0.05, 0.1) is 23.8 Å². The van der Waals surface area contributed by atoms with Crippen molar-refractivity contribution in [1.82, 2.24) is 19.7 Å². The Bertz CT molecular complexity index is 1390. The number of hydrogen-bond donors (Lipinski definition) is 0. The zero-order chi connectivity index (χ0) is 22.9. The summed E-state index contributed by atoms with van der Waals surface area (Å²) in [4.78, 5) is 24.9. The second-order valence-electron chi connectivity index (χ2n) is 8.13. The molecule has 0 aliphatic heterocycles. The second kappa shape index (κ2) is 9.15. The van der Waals surface area contributed by atoms with Crippen LogP contribution in [0.4, 0.5) is 0 Å². The summed E-state index contributed by atoms with van der Waals surface area (Å²) >= 11 is 3.07. The maximum Gasteiger partial charge on any atom is 0.263 e. The highest BCUT2D eigenvalue weighted by atomic mass is 32.2. The van der Waals surface area contributed by atoms with Crippen LogP contribution in [0.25, 0.3) is 21.6 Å². The number of para-hydroxylation sites is 1. The van der Waals surface area contributed by atoms with Crippen LogP contribution in [0.5, 0.6) is 5.75 Å². The number of rotatable bonds is 7. The van der Waals surface area contributed by atoms with Crippen molar-refractivity contribution in [2.75, 3.05) is 7.11 Å². The first-order chi connectivity index (χ1) is 16.1. The van der Waals surface area contributed by atoms with Gasteiger partial charge in [-0.05, 0) is 42.9 Å². The quantitative estimate of drug-likeness (QED) is 0.206. The number of hydrogen-bond acceptors (Lipinski definition) is 8. The van der Waals surface area contributed by atoms with E-state index in [1.807, 2.05) is 24.3 Å². The van der Waals surface area contributed by atoms with E-state index in [4.69, 9.17) is 14.2 Å². The predicted molar refractivity (Wildman–Crippen MR) is 131 cm³/mol. The minimum Gasteiger partial charge on any atom is -0.496 e. The van der Waals surface area contributed by atoms with E-state index in [-0.39, 0.29) is 5.56 Å². The third kappa shape index (κ3) is 4.11. The molecule has 0 radical (unpaired) electrons. The van der Waals surface area contributed by atoms with E-state index < -0.39 is 0 Å². The molecule has 170 valence electrons. The van der Waals surface area contributed by atoms with E-state index in [0.29, 0.717) is 40.8 Å². The molecule has 1 atom stereocenters. The van der Waals surface area contributed by atoms with Gasteiger partial charge in [-0.2, -0.15) is 4.98 Å². The van der Waals surface area contributed by atoms with Gasteiger partial charge in [0, 0.05) is 11.4 Å². The molecule has 0 bridgehead atoms. The summed E-state index contributed by atoms with van der Waals surface area (Å²) in [6.07, 6.45) is 4.81. The Morgan fingerprint density at radius 2 is 2.21 bits per heavy atom. The first-order valence-corrected chi connectivity index (χ1v) is 12.6. The van der Waals surface area contributed by atoms with E-state index >= 15 is 0 Å². The average Bonchev–Trinajstić information content (AvgIpc) is 3.44. The highest BCUT2D eigenvalue weighted by Gasteiger charge is 2.25. The Labute approximate surface area is 199 Å². The molecule has 9 heteroatoms. The van der Waals surface area contributed by atoms with Crippen LogP contribution in [-0.2, 0) is 25.1 Å². The Kier molecular flexibility index (Phi) is 6.07. The monoisotopic (exact) mass is 480 g/mol. The second-order valence-corrected chi connectivity index (χ2v) is 10.2. The molecule has 3 heterocycles. The van der Waals surface area contributed by atoms with Gasteiger partial charge in [0.1, 0.15) is 10.6 Å². The third-order valence-corrected chi connectivity index (χ3v) is 7.94. The number of nitrogens with zero attached hydrogens (tertiary/aromatic N) is 4. The lowest BCUT2D eigenvalue weighted by Gasteiger charge is -2.17. The van der Waals surface area contributed by atoms with Crippen molar-refractivity contribution >= 4 is 33.3 Å². The minimum atomic E-state index is 0.00898.